The predicted octanol–water partition coefficient (Wildman–Crippen LogP) is 1.98. The number of aromatic nitrogens is 1. The standard InChI is InChI=1S/C12H19N3O/c1-3-4-8-16-9-7-14-12-11(13)6-5-10(2)15-12/h3,5-6H,1,4,7-9,13H2,2H3,(H,14,15). The van der Waals surface area contributed by atoms with Gasteiger partial charge in [-0.15, -0.1) is 6.58 Å². The topological polar surface area (TPSA) is 60.2 Å². The number of ether oxygens (including phenoxy) is 1. The lowest BCUT2D eigenvalue weighted by molar-refractivity contribution is 0.149. The minimum absolute atomic E-state index is 0.642. The molecule has 0 unspecified atom stereocenters. The Labute approximate surface area is 96.5 Å². The fourth-order valence-corrected chi connectivity index (χ4v) is 1.22. The zero-order valence-corrected chi connectivity index (χ0v) is 9.70. The lowest BCUT2D eigenvalue weighted by Gasteiger charge is -2.09. The van der Waals surface area contributed by atoms with Gasteiger partial charge in [-0.05, 0) is 25.5 Å². The summed E-state index contributed by atoms with van der Waals surface area (Å²) in [6, 6.07) is 3.74. The maximum Gasteiger partial charge on any atom is 0.149 e. The molecule has 0 saturated heterocycles. The Morgan fingerprint density at radius 3 is 3.06 bits per heavy atom. The van der Waals surface area contributed by atoms with Crippen LogP contribution in [0.5, 0.6) is 0 Å². The van der Waals surface area contributed by atoms with Crippen molar-refractivity contribution in [3.63, 3.8) is 0 Å². The summed E-state index contributed by atoms with van der Waals surface area (Å²) in [7, 11) is 0. The smallest absolute Gasteiger partial charge is 0.149 e. The first-order chi connectivity index (χ1) is 7.74. The Morgan fingerprint density at radius 2 is 2.31 bits per heavy atom. The molecule has 1 heterocycles. The zero-order valence-electron chi connectivity index (χ0n) is 9.70. The van der Waals surface area contributed by atoms with Crippen LogP contribution in [0.2, 0.25) is 0 Å². The van der Waals surface area contributed by atoms with Gasteiger partial charge < -0.3 is 15.8 Å². The summed E-state index contributed by atoms with van der Waals surface area (Å²) in [5.41, 5.74) is 7.38. The number of nitrogens with zero attached hydrogens (tertiary/aromatic N) is 1. The molecular formula is C12H19N3O. The first-order valence-electron chi connectivity index (χ1n) is 5.39. The molecule has 4 heteroatoms. The number of anilines is 2. The summed E-state index contributed by atoms with van der Waals surface area (Å²) in [4.78, 5) is 4.30. The normalized spacial score (nSPS) is 10.1. The molecular weight excluding hydrogens is 202 g/mol. The van der Waals surface area contributed by atoms with Crippen LogP contribution in [-0.2, 0) is 4.74 Å². The average Bonchev–Trinajstić information content (AvgIpc) is 2.28. The second-order valence-electron chi connectivity index (χ2n) is 3.51. The van der Waals surface area contributed by atoms with Crippen molar-refractivity contribution in [3.05, 3.63) is 30.5 Å². The highest BCUT2D eigenvalue weighted by atomic mass is 16.5. The highest BCUT2D eigenvalue weighted by Gasteiger charge is 1.99. The van der Waals surface area contributed by atoms with Crippen LogP contribution in [0.4, 0.5) is 11.5 Å². The number of aryl methyl sites for hydroxylation is 1. The SMILES string of the molecule is C=CCCOCCNc1nc(C)ccc1N. The lowest BCUT2D eigenvalue weighted by atomic mass is 10.3. The van der Waals surface area contributed by atoms with E-state index in [0.29, 0.717) is 25.4 Å². The summed E-state index contributed by atoms with van der Waals surface area (Å²) in [5.74, 6) is 0.729. The molecule has 0 amide bonds. The summed E-state index contributed by atoms with van der Waals surface area (Å²) < 4.78 is 5.36. The maximum absolute atomic E-state index is 5.77. The van der Waals surface area contributed by atoms with Gasteiger partial charge in [-0.1, -0.05) is 6.08 Å². The van der Waals surface area contributed by atoms with Crippen molar-refractivity contribution >= 4 is 11.5 Å². The Bertz CT molecular complexity index is 339. The molecule has 0 spiro atoms. The number of nitrogens with two attached hydrogens (primary N) is 1. The van der Waals surface area contributed by atoms with E-state index in [1.54, 1.807) is 0 Å². The van der Waals surface area contributed by atoms with Crippen molar-refractivity contribution in [2.24, 2.45) is 0 Å². The molecule has 0 saturated carbocycles. The van der Waals surface area contributed by atoms with Crippen LogP contribution in [0.25, 0.3) is 0 Å². The molecule has 1 aromatic heterocycles. The van der Waals surface area contributed by atoms with Crippen molar-refractivity contribution in [1.29, 1.82) is 0 Å². The van der Waals surface area contributed by atoms with Crippen LogP contribution >= 0.6 is 0 Å². The van der Waals surface area contributed by atoms with Gasteiger partial charge in [0.25, 0.3) is 0 Å². The van der Waals surface area contributed by atoms with Crippen molar-refractivity contribution in [2.75, 3.05) is 30.8 Å². The van der Waals surface area contributed by atoms with Gasteiger partial charge in [-0.25, -0.2) is 4.98 Å². The number of hydrogen-bond acceptors (Lipinski definition) is 4. The third-order valence-electron chi connectivity index (χ3n) is 2.07. The second kappa shape index (κ2) is 6.85. The van der Waals surface area contributed by atoms with Gasteiger partial charge >= 0.3 is 0 Å². The molecule has 1 aromatic rings. The number of rotatable bonds is 7. The van der Waals surface area contributed by atoms with Gasteiger partial charge in [0.15, 0.2) is 0 Å². The monoisotopic (exact) mass is 221 g/mol. The van der Waals surface area contributed by atoms with E-state index in [-0.39, 0.29) is 0 Å². The van der Waals surface area contributed by atoms with Crippen molar-refractivity contribution in [1.82, 2.24) is 4.98 Å². The molecule has 16 heavy (non-hydrogen) atoms. The predicted molar refractivity (Wildman–Crippen MR) is 67.5 cm³/mol. The molecule has 4 nitrogen and oxygen atoms in total. The number of nitrogen functional groups attached to an aromatic ring is 1. The zero-order chi connectivity index (χ0) is 11.8. The molecule has 0 bridgehead atoms. The molecule has 0 aliphatic rings. The van der Waals surface area contributed by atoms with E-state index in [0.717, 1.165) is 17.9 Å². The van der Waals surface area contributed by atoms with Gasteiger partial charge in [-0.2, -0.15) is 0 Å². The van der Waals surface area contributed by atoms with Crippen LogP contribution in [-0.4, -0.2) is 24.7 Å². The third kappa shape index (κ3) is 4.31. The van der Waals surface area contributed by atoms with E-state index < -0.39 is 0 Å². The van der Waals surface area contributed by atoms with Gasteiger partial charge in [0.1, 0.15) is 5.82 Å². The van der Waals surface area contributed by atoms with Crippen molar-refractivity contribution in [2.45, 2.75) is 13.3 Å². The van der Waals surface area contributed by atoms with Crippen LogP contribution in [0.3, 0.4) is 0 Å². The summed E-state index contributed by atoms with van der Waals surface area (Å²) in [5, 5.41) is 3.14. The van der Waals surface area contributed by atoms with Gasteiger partial charge in [0, 0.05) is 12.2 Å². The Balaban J connectivity index is 2.26. The van der Waals surface area contributed by atoms with Gasteiger partial charge in [-0.3, -0.25) is 0 Å². The highest BCUT2D eigenvalue weighted by molar-refractivity contribution is 5.61. The molecule has 0 radical (unpaired) electrons. The average molecular weight is 221 g/mol. The summed E-state index contributed by atoms with van der Waals surface area (Å²) >= 11 is 0. The van der Waals surface area contributed by atoms with E-state index >= 15 is 0 Å². The molecule has 0 aliphatic carbocycles. The first kappa shape index (κ1) is 12.5. The Morgan fingerprint density at radius 1 is 1.50 bits per heavy atom. The quantitative estimate of drug-likeness (QED) is 0.546. The van der Waals surface area contributed by atoms with E-state index in [1.807, 2.05) is 25.1 Å². The van der Waals surface area contributed by atoms with E-state index in [1.165, 1.54) is 0 Å². The van der Waals surface area contributed by atoms with E-state index in [9.17, 15) is 0 Å². The number of pyridine rings is 1. The second-order valence-corrected chi connectivity index (χ2v) is 3.51. The minimum Gasteiger partial charge on any atom is -0.396 e. The number of hydrogen-bond donors (Lipinski definition) is 2. The van der Waals surface area contributed by atoms with Crippen LogP contribution < -0.4 is 11.1 Å². The largest absolute Gasteiger partial charge is 0.396 e. The van der Waals surface area contributed by atoms with Crippen LogP contribution in [0, 0.1) is 6.92 Å². The van der Waals surface area contributed by atoms with Crippen LogP contribution in [0.15, 0.2) is 24.8 Å². The van der Waals surface area contributed by atoms with E-state index in [4.69, 9.17) is 10.5 Å². The van der Waals surface area contributed by atoms with Gasteiger partial charge in [0.05, 0.1) is 18.9 Å². The molecule has 88 valence electrons. The molecule has 0 aromatic carbocycles. The van der Waals surface area contributed by atoms with Crippen molar-refractivity contribution in [3.8, 4) is 0 Å². The fraction of sp³-hybridized carbons (Fsp3) is 0.417. The summed E-state index contributed by atoms with van der Waals surface area (Å²) in [6.07, 6.45) is 2.72. The van der Waals surface area contributed by atoms with Gasteiger partial charge in [0.2, 0.25) is 0 Å². The maximum atomic E-state index is 5.77. The summed E-state index contributed by atoms with van der Waals surface area (Å²) in [6.45, 7) is 7.62. The first-order valence-corrected chi connectivity index (χ1v) is 5.39. The van der Waals surface area contributed by atoms with E-state index in [2.05, 4.69) is 16.9 Å². The minimum atomic E-state index is 0.642. The fourth-order valence-electron chi connectivity index (χ4n) is 1.22. The molecule has 3 N–H and O–H groups in total. The number of nitrogens with one attached hydrogen (secondary N) is 1. The highest BCUT2D eigenvalue weighted by Crippen LogP contribution is 2.14. The third-order valence-corrected chi connectivity index (χ3v) is 2.07. The molecule has 0 atom stereocenters. The lowest BCUT2D eigenvalue weighted by Crippen LogP contribution is -2.12. The Kier molecular flexibility index (Phi) is 5.36. The van der Waals surface area contributed by atoms with Crippen LogP contribution in [0.1, 0.15) is 12.1 Å². The molecule has 0 fully saturated rings. The van der Waals surface area contributed by atoms with Crippen molar-refractivity contribution < 1.29 is 4.74 Å². The Hall–Kier alpha value is -1.55. The molecule has 0 aliphatic heterocycles. The molecule has 1 rings (SSSR count).